The van der Waals surface area contributed by atoms with E-state index in [1.807, 2.05) is 32.0 Å². The third kappa shape index (κ3) is 6.31. The Bertz CT molecular complexity index is 734. The van der Waals surface area contributed by atoms with Crippen molar-refractivity contribution in [2.75, 3.05) is 45.8 Å². The number of aliphatic imine (C=N–C) groups is 1. The van der Waals surface area contributed by atoms with E-state index in [9.17, 15) is 9.90 Å². The highest BCUT2D eigenvalue weighted by Crippen LogP contribution is 2.36. The molecule has 0 aromatic heterocycles. The van der Waals surface area contributed by atoms with Gasteiger partial charge in [-0.25, -0.2) is 4.99 Å². The lowest BCUT2D eigenvalue weighted by molar-refractivity contribution is -0.123. The van der Waals surface area contributed by atoms with E-state index < -0.39 is 5.60 Å². The summed E-state index contributed by atoms with van der Waals surface area (Å²) in [6.07, 6.45) is 1.61. The number of benzene rings is 1. The number of halogens is 1. The van der Waals surface area contributed by atoms with Crippen LogP contribution in [0.15, 0.2) is 29.3 Å². The highest BCUT2D eigenvalue weighted by molar-refractivity contribution is 14.0. The number of carbonyl (C=O) groups is 1. The van der Waals surface area contributed by atoms with E-state index in [-0.39, 0.29) is 35.9 Å². The molecule has 0 radical (unpaired) electrons. The molecule has 1 unspecified atom stereocenters. The largest absolute Gasteiger partial charge is 0.383 e. The molecule has 8 heteroatoms. The van der Waals surface area contributed by atoms with Gasteiger partial charge in [-0.2, -0.15) is 0 Å². The van der Waals surface area contributed by atoms with Gasteiger partial charge >= 0.3 is 0 Å². The maximum absolute atomic E-state index is 12.0. The number of aryl methyl sites for hydroxylation is 1. The van der Waals surface area contributed by atoms with E-state index in [2.05, 4.69) is 33.4 Å². The summed E-state index contributed by atoms with van der Waals surface area (Å²) in [5.41, 5.74) is 1.36. The SMILES string of the molecule is CCNC(=NCC1(O)CCc2ccccc21)N1CCN(CC(=O)NC(C)C)CC1.I. The number of fused-ring (bicyclic) bond motifs is 1. The molecule has 7 nitrogen and oxygen atoms in total. The Morgan fingerprint density at radius 2 is 1.93 bits per heavy atom. The fourth-order valence-electron chi connectivity index (χ4n) is 4.15. The normalized spacial score (nSPS) is 21.9. The lowest BCUT2D eigenvalue weighted by Gasteiger charge is -2.36. The Morgan fingerprint density at radius 1 is 1.23 bits per heavy atom. The predicted octanol–water partition coefficient (Wildman–Crippen LogP) is 1.55. The molecule has 1 saturated heterocycles. The van der Waals surface area contributed by atoms with E-state index >= 15 is 0 Å². The number of hydrogen-bond donors (Lipinski definition) is 3. The van der Waals surface area contributed by atoms with Crippen LogP contribution in [0.2, 0.25) is 0 Å². The monoisotopic (exact) mass is 529 g/mol. The molecular weight excluding hydrogens is 493 g/mol. The van der Waals surface area contributed by atoms with Crippen molar-refractivity contribution >= 4 is 35.8 Å². The fraction of sp³-hybridized carbons (Fsp3) is 0.636. The highest BCUT2D eigenvalue weighted by Gasteiger charge is 2.36. The first-order chi connectivity index (χ1) is 13.9. The minimum absolute atomic E-state index is 0. The minimum atomic E-state index is -0.881. The predicted molar refractivity (Wildman–Crippen MR) is 131 cm³/mol. The number of carbonyl (C=O) groups excluding carboxylic acids is 1. The van der Waals surface area contributed by atoms with Gasteiger partial charge in [0.05, 0.1) is 13.1 Å². The standard InChI is InChI=1S/C22H35N5O2.HI/c1-4-23-21(24-16-22(29)10-9-18-7-5-6-8-19(18)22)27-13-11-26(12-14-27)15-20(28)25-17(2)3;/h5-8,17,29H,4,9-16H2,1-3H3,(H,23,24)(H,25,28);1H. The van der Waals surface area contributed by atoms with E-state index in [0.29, 0.717) is 19.5 Å². The Labute approximate surface area is 197 Å². The van der Waals surface area contributed by atoms with Crippen molar-refractivity contribution in [1.29, 1.82) is 0 Å². The van der Waals surface area contributed by atoms with Gasteiger partial charge in [-0.15, -0.1) is 24.0 Å². The quantitative estimate of drug-likeness (QED) is 0.296. The summed E-state index contributed by atoms with van der Waals surface area (Å²) in [5.74, 6) is 0.924. The molecule has 0 spiro atoms. The van der Waals surface area contributed by atoms with Crippen molar-refractivity contribution in [2.45, 2.75) is 45.3 Å². The molecule has 0 saturated carbocycles. The van der Waals surface area contributed by atoms with Crippen molar-refractivity contribution in [2.24, 2.45) is 4.99 Å². The van der Waals surface area contributed by atoms with Gasteiger partial charge in [-0.05, 0) is 44.7 Å². The first kappa shape index (κ1) is 24.9. The zero-order valence-corrected chi connectivity index (χ0v) is 20.7. The van der Waals surface area contributed by atoms with Gasteiger partial charge in [-0.1, -0.05) is 24.3 Å². The van der Waals surface area contributed by atoms with Crippen LogP contribution in [-0.4, -0.2) is 78.6 Å². The average molecular weight is 529 g/mol. The van der Waals surface area contributed by atoms with E-state index in [0.717, 1.165) is 50.7 Å². The van der Waals surface area contributed by atoms with Gasteiger partial charge in [-0.3, -0.25) is 9.69 Å². The summed E-state index contributed by atoms with van der Waals surface area (Å²) in [6, 6.07) is 8.29. The molecule has 1 aromatic carbocycles. The summed E-state index contributed by atoms with van der Waals surface area (Å²) in [7, 11) is 0. The number of rotatable bonds is 6. The smallest absolute Gasteiger partial charge is 0.234 e. The lowest BCUT2D eigenvalue weighted by Crippen LogP contribution is -2.54. The summed E-state index contributed by atoms with van der Waals surface area (Å²) >= 11 is 0. The highest BCUT2D eigenvalue weighted by atomic mass is 127. The van der Waals surface area contributed by atoms with E-state index in [4.69, 9.17) is 4.99 Å². The molecule has 2 aliphatic rings. The van der Waals surface area contributed by atoms with Crippen molar-refractivity contribution < 1.29 is 9.90 Å². The molecule has 1 heterocycles. The summed E-state index contributed by atoms with van der Waals surface area (Å²) in [5, 5.41) is 17.5. The summed E-state index contributed by atoms with van der Waals surface area (Å²) in [4.78, 5) is 21.2. The first-order valence-corrected chi connectivity index (χ1v) is 10.8. The van der Waals surface area contributed by atoms with Crippen LogP contribution in [0.1, 0.15) is 38.3 Å². The Morgan fingerprint density at radius 3 is 2.60 bits per heavy atom. The molecule has 1 aliphatic carbocycles. The Balaban J connectivity index is 0.00000320. The summed E-state index contributed by atoms with van der Waals surface area (Å²) in [6.45, 7) is 10.9. The molecule has 168 valence electrons. The number of amides is 1. The van der Waals surface area contributed by atoms with Crippen LogP contribution in [0.25, 0.3) is 0 Å². The van der Waals surface area contributed by atoms with Crippen LogP contribution in [0, 0.1) is 0 Å². The second-order valence-corrected chi connectivity index (χ2v) is 8.34. The molecule has 1 atom stereocenters. The fourth-order valence-corrected chi connectivity index (χ4v) is 4.15. The van der Waals surface area contributed by atoms with Crippen LogP contribution in [-0.2, 0) is 16.8 Å². The van der Waals surface area contributed by atoms with Crippen molar-refractivity contribution in [3.05, 3.63) is 35.4 Å². The van der Waals surface area contributed by atoms with Crippen molar-refractivity contribution in [3.63, 3.8) is 0 Å². The van der Waals surface area contributed by atoms with Gasteiger partial charge in [0.1, 0.15) is 5.60 Å². The van der Waals surface area contributed by atoms with Gasteiger partial charge in [0.15, 0.2) is 5.96 Å². The number of hydrogen-bond acceptors (Lipinski definition) is 4. The molecule has 30 heavy (non-hydrogen) atoms. The molecule has 0 bridgehead atoms. The minimum Gasteiger partial charge on any atom is -0.383 e. The second kappa shape index (κ2) is 11.3. The Kier molecular flexibility index (Phi) is 9.36. The van der Waals surface area contributed by atoms with E-state index in [1.165, 1.54) is 5.56 Å². The van der Waals surface area contributed by atoms with Gasteiger partial charge in [0.25, 0.3) is 0 Å². The zero-order chi connectivity index (χ0) is 20.9. The maximum Gasteiger partial charge on any atom is 0.234 e. The molecule has 1 aliphatic heterocycles. The van der Waals surface area contributed by atoms with Crippen LogP contribution in [0.4, 0.5) is 0 Å². The summed E-state index contributed by atoms with van der Waals surface area (Å²) < 4.78 is 0. The van der Waals surface area contributed by atoms with E-state index in [1.54, 1.807) is 0 Å². The average Bonchev–Trinajstić information content (AvgIpc) is 3.03. The number of nitrogens with zero attached hydrogens (tertiary/aromatic N) is 3. The molecule has 1 fully saturated rings. The van der Waals surface area contributed by atoms with Crippen LogP contribution in [0.3, 0.4) is 0 Å². The van der Waals surface area contributed by atoms with Crippen molar-refractivity contribution in [3.8, 4) is 0 Å². The topological polar surface area (TPSA) is 80.2 Å². The number of aliphatic hydroxyl groups is 1. The first-order valence-electron chi connectivity index (χ1n) is 10.8. The third-order valence-electron chi connectivity index (χ3n) is 5.64. The van der Waals surface area contributed by atoms with Crippen molar-refractivity contribution in [1.82, 2.24) is 20.4 Å². The Hall–Kier alpha value is -1.39. The molecule has 3 rings (SSSR count). The second-order valence-electron chi connectivity index (χ2n) is 8.34. The molecule has 3 N–H and O–H groups in total. The molecule has 1 amide bonds. The molecular formula is C22H36IN5O2. The van der Waals surface area contributed by atoms with Gasteiger partial charge in [0, 0.05) is 38.8 Å². The number of guanidine groups is 1. The van der Waals surface area contributed by atoms with Crippen LogP contribution < -0.4 is 10.6 Å². The zero-order valence-electron chi connectivity index (χ0n) is 18.4. The number of piperazine rings is 1. The van der Waals surface area contributed by atoms with Gasteiger partial charge in [0.2, 0.25) is 5.91 Å². The lowest BCUT2D eigenvalue weighted by atomic mass is 9.96. The maximum atomic E-state index is 12.0. The molecule has 1 aromatic rings. The third-order valence-corrected chi connectivity index (χ3v) is 5.64. The number of nitrogens with one attached hydrogen (secondary N) is 2. The van der Waals surface area contributed by atoms with Crippen LogP contribution >= 0.6 is 24.0 Å². The van der Waals surface area contributed by atoms with Gasteiger partial charge < -0.3 is 20.6 Å². The van der Waals surface area contributed by atoms with Crippen LogP contribution in [0.5, 0.6) is 0 Å².